The zero-order valence-electron chi connectivity index (χ0n) is 21.1. The maximum Gasteiger partial charge on any atom is 0.339 e. The Labute approximate surface area is 242 Å². The summed E-state index contributed by atoms with van der Waals surface area (Å²) in [6.45, 7) is 1.85. The molecule has 0 fully saturated rings. The normalized spacial score (nSPS) is 11.3. The van der Waals surface area contributed by atoms with Crippen LogP contribution in [0.4, 0.5) is 5.13 Å². The van der Waals surface area contributed by atoms with Crippen LogP contribution >= 0.6 is 27.3 Å². The van der Waals surface area contributed by atoms with Crippen LogP contribution in [0.25, 0.3) is 0 Å². The summed E-state index contributed by atoms with van der Waals surface area (Å²) >= 11 is 4.39. The van der Waals surface area contributed by atoms with Gasteiger partial charge in [0.15, 0.2) is 11.5 Å². The average molecular weight is 645 g/mol. The number of hydrazone groups is 1. The fourth-order valence-electron chi connectivity index (χ4n) is 3.25. The molecule has 2 N–H and O–H groups in total. The second-order valence-corrected chi connectivity index (χ2v) is 11.6. The van der Waals surface area contributed by atoms with Gasteiger partial charge in [-0.05, 0) is 64.8 Å². The molecular formula is C26H22BrN5O6S2. The quantitative estimate of drug-likeness (QED) is 0.147. The van der Waals surface area contributed by atoms with Crippen molar-refractivity contribution in [3.63, 3.8) is 0 Å². The van der Waals surface area contributed by atoms with E-state index in [-0.39, 0.29) is 33.9 Å². The van der Waals surface area contributed by atoms with Crippen molar-refractivity contribution in [1.29, 1.82) is 0 Å². The van der Waals surface area contributed by atoms with Gasteiger partial charge in [0.25, 0.3) is 5.91 Å². The van der Waals surface area contributed by atoms with E-state index in [1.165, 1.54) is 31.5 Å². The molecule has 0 atom stereocenters. The van der Waals surface area contributed by atoms with E-state index in [0.29, 0.717) is 20.6 Å². The number of carbonyl (C=O) groups excluding carboxylic acids is 2. The first-order valence-corrected chi connectivity index (χ1v) is 14.6. The molecule has 40 heavy (non-hydrogen) atoms. The molecule has 11 nitrogen and oxygen atoms in total. The van der Waals surface area contributed by atoms with Crippen molar-refractivity contribution in [3.05, 3.63) is 92.9 Å². The first-order valence-electron chi connectivity index (χ1n) is 11.5. The third-order valence-corrected chi connectivity index (χ3v) is 7.86. The van der Waals surface area contributed by atoms with Gasteiger partial charge in [-0.2, -0.15) is 13.5 Å². The monoisotopic (exact) mass is 643 g/mol. The maximum absolute atomic E-state index is 12.7. The molecule has 206 valence electrons. The molecule has 1 heterocycles. The lowest BCUT2D eigenvalue weighted by atomic mass is 10.2. The number of benzene rings is 3. The Morgan fingerprint density at radius 2 is 1.80 bits per heavy atom. The number of aryl methyl sites for hydroxylation is 1. The Balaban J connectivity index is 1.36. The van der Waals surface area contributed by atoms with E-state index in [1.54, 1.807) is 48.5 Å². The van der Waals surface area contributed by atoms with Gasteiger partial charge in [0.2, 0.25) is 11.0 Å². The lowest BCUT2D eigenvalue weighted by Crippen LogP contribution is -2.19. The van der Waals surface area contributed by atoms with E-state index < -0.39 is 16.0 Å². The highest BCUT2D eigenvalue weighted by Crippen LogP contribution is 2.38. The summed E-state index contributed by atoms with van der Waals surface area (Å²) in [7, 11) is -2.74. The minimum absolute atomic E-state index is 0.00142. The van der Waals surface area contributed by atoms with Crippen LogP contribution < -0.4 is 19.7 Å². The van der Waals surface area contributed by atoms with E-state index in [9.17, 15) is 18.0 Å². The van der Waals surface area contributed by atoms with Gasteiger partial charge in [-0.15, -0.1) is 10.2 Å². The summed E-state index contributed by atoms with van der Waals surface area (Å²) in [5.41, 5.74) is 4.27. The second-order valence-electron chi connectivity index (χ2n) is 8.18. The minimum atomic E-state index is -4.11. The molecule has 3 aromatic carbocycles. The molecule has 2 amide bonds. The third kappa shape index (κ3) is 7.49. The summed E-state index contributed by atoms with van der Waals surface area (Å²) in [6.07, 6.45) is 1.25. The van der Waals surface area contributed by atoms with Gasteiger partial charge in [-0.3, -0.25) is 14.9 Å². The standard InChI is InChI=1S/C26H22BrN5O6S2/c1-16-8-10-19(11-9-16)40(35,36)38-24-20(27)12-17(13-21(24)37-2)15-28-30-22(33)14-23-31-32-26(39-23)29-25(34)18-6-4-3-5-7-18/h3-13,15H,14H2,1-2H3,(H,30,33)(H,29,32,34). The number of nitrogens with zero attached hydrogens (tertiary/aromatic N) is 3. The molecule has 4 rings (SSSR count). The molecule has 1 aromatic heterocycles. The van der Waals surface area contributed by atoms with Gasteiger partial charge in [0, 0.05) is 5.56 Å². The summed E-state index contributed by atoms with van der Waals surface area (Å²) in [5.74, 6) is -0.681. The van der Waals surface area contributed by atoms with Gasteiger partial charge in [0.05, 0.1) is 24.2 Å². The van der Waals surface area contributed by atoms with Crippen molar-refractivity contribution in [3.8, 4) is 11.5 Å². The third-order valence-electron chi connectivity index (χ3n) is 5.19. The Hall–Kier alpha value is -4.14. The van der Waals surface area contributed by atoms with Crippen molar-refractivity contribution in [2.24, 2.45) is 5.10 Å². The van der Waals surface area contributed by atoms with Crippen LogP contribution in [0.2, 0.25) is 0 Å². The van der Waals surface area contributed by atoms with E-state index in [2.05, 4.69) is 42.0 Å². The minimum Gasteiger partial charge on any atom is -0.493 e. The van der Waals surface area contributed by atoms with Crippen LogP contribution in [0.1, 0.15) is 26.5 Å². The van der Waals surface area contributed by atoms with Crippen molar-refractivity contribution in [2.45, 2.75) is 18.2 Å². The number of ether oxygens (including phenoxy) is 1. The van der Waals surface area contributed by atoms with Gasteiger partial charge in [-0.1, -0.05) is 47.2 Å². The summed E-state index contributed by atoms with van der Waals surface area (Å²) in [5, 5.41) is 15.0. The Morgan fingerprint density at radius 3 is 2.50 bits per heavy atom. The highest BCUT2D eigenvalue weighted by Gasteiger charge is 2.22. The predicted molar refractivity (Wildman–Crippen MR) is 153 cm³/mol. The number of carbonyl (C=O) groups is 2. The highest BCUT2D eigenvalue weighted by atomic mass is 79.9. The van der Waals surface area contributed by atoms with Gasteiger partial charge in [0.1, 0.15) is 9.90 Å². The molecule has 0 aliphatic rings. The number of nitrogens with one attached hydrogen (secondary N) is 2. The van der Waals surface area contributed by atoms with Crippen LogP contribution in [0.5, 0.6) is 11.5 Å². The van der Waals surface area contributed by atoms with E-state index in [4.69, 9.17) is 8.92 Å². The highest BCUT2D eigenvalue weighted by molar-refractivity contribution is 9.10. The molecule has 4 aromatic rings. The molecule has 0 unspecified atom stereocenters. The first kappa shape index (κ1) is 28.9. The number of anilines is 1. The summed E-state index contributed by atoms with van der Waals surface area (Å²) in [4.78, 5) is 24.6. The lowest BCUT2D eigenvalue weighted by Gasteiger charge is -2.13. The zero-order chi connectivity index (χ0) is 28.7. The second kappa shape index (κ2) is 12.8. The molecule has 0 aliphatic carbocycles. The van der Waals surface area contributed by atoms with Gasteiger partial charge < -0.3 is 8.92 Å². The van der Waals surface area contributed by atoms with Crippen molar-refractivity contribution >= 4 is 60.5 Å². The van der Waals surface area contributed by atoms with Gasteiger partial charge >= 0.3 is 10.1 Å². The fourth-order valence-corrected chi connectivity index (χ4v) is 5.59. The number of methoxy groups -OCH3 is 1. The Kier molecular flexibility index (Phi) is 9.24. The predicted octanol–water partition coefficient (Wildman–Crippen LogP) is 4.33. The van der Waals surface area contributed by atoms with Crippen LogP contribution in [0.15, 0.2) is 81.2 Å². The number of amides is 2. The molecule has 14 heteroatoms. The smallest absolute Gasteiger partial charge is 0.339 e. The average Bonchev–Trinajstić information content (AvgIpc) is 3.36. The number of halogens is 1. The zero-order valence-corrected chi connectivity index (χ0v) is 24.3. The van der Waals surface area contributed by atoms with Crippen molar-refractivity contribution < 1.29 is 26.9 Å². The number of hydrogen-bond acceptors (Lipinski definition) is 10. The SMILES string of the molecule is COc1cc(C=NNC(=O)Cc2nnc(NC(=O)c3ccccc3)s2)cc(Br)c1OS(=O)(=O)c1ccc(C)cc1. The number of aromatic nitrogens is 2. The van der Waals surface area contributed by atoms with E-state index >= 15 is 0 Å². The molecule has 0 aliphatic heterocycles. The molecule has 0 saturated heterocycles. The topological polar surface area (TPSA) is 149 Å². The fraction of sp³-hybridized carbons (Fsp3) is 0.115. The molecule has 0 saturated carbocycles. The van der Waals surface area contributed by atoms with Crippen LogP contribution in [-0.2, 0) is 21.3 Å². The maximum atomic E-state index is 12.7. The van der Waals surface area contributed by atoms with Crippen LogP contribution in [0, 0.1) is 6.92 Å². The molecule has 0 bridgehead atoms. The van der Waals surface area contributed by atoms with Crippen molar-refractivity contribution in [1.82, 2.24) is 15.6 Å². The van der Waals surface area contributed by atoms with Crippen molar-refractivity contribution in [2.75, 3.05) is 12.4 Å². The van der Waals surface area contributed by atoms with Crippen LogP contribution in [-0.4, -0.2) is 43.8 Å². The summed E-state index contributed by atoms with van der Waals surface area (Å²) < 4.78 is 36.4. The van der Waals surface area contributed by atoms with E-state index in [0.717, 1.165) is 16.9 Å². The molecule has 0 radical (unpaired) electrons. The van der Waals surface area contributed by atoms with E-state index in [1.807, 2.05) is 6.92 Å². The molecule has 0 spiro atoms. The molecular weight excluding hydrogens is 622 g/mol. The Bertz CT molecular complexity index is 1660. The largest absolute Gasteiger partial charge is 0.493 e. The van der Waals surface area contributed by atoms with Crippen LogP contribution in [0.3, 0.4) is 0 Å². The first-order chi connectivity index (χ1) is 19.1. The number of hydrogen-bond donors (Lipinski definition) is 2. The number of rotatable bonds is 10. The summed E-state index contributed by atoms with van der Waals surface area (Å²) in [6, 6.07) is 18.0. The van der Waals surface area contributed by atoms with Gasteiger partial charge in [-0.25, -0.2) is 5.43 Å². The lowest BCUT2D eigenvalue weighted by molar-refractivity contribution is -0.120. The Morgan fingerprint density at radius 1 is 1.07 bits per heavy atom.